The zero-order valence-corrected chi connectivity index (χ0v) is 12.5. The molecule has 0 heterocycles. The van der Waals surface area contributed by atoms with Crippen molar-refractivity contribution in [3.63, 3.8) is 0 Å². The number of methoxy groups -OCH3 is 1. The number of esters is 1. The van der Waals surface area contributed by atoms with Gasteiger partial charge in [-0.15, -0.1) is 0 Å². The van der Waals surface area contributed by atoms with Crippen molar-refractivity contribution >= 4 is 29.2 Å². The van der Waals surface area contributed by atoms with Crippen molar-refractivity contribution in [2.75, 3.05) is 12.4 Å². The number of hydrogen-bond acceptors (Lipinski definition) is 3. The summed E-state index contributed by atoms with van der Waals surface area (Å²) in [6.07, 6.45) is -0.109. The zero-order valence-electron chi connectivity index (χ0n) is 11.7. The summed E-state index contributed by atoms with van der Waals surface area (Å²) in [6, 6.07) is 10.4. The van der Waals surface area contributed by atoms with Crippen LogP contribution in [0.5, 0.6) is 0 Å². The molecule has 0 aliphatic carbocycles. The first-order valence-corrected chi connectivity index (χ1v) is 6.79. The molecular formula is C16H13ClFNO3. The number of amides is 1. The van der Waals surface area contributed by atoms with Gasteiger partial charge in [-0.25, -0.2) is 9.18 Å². The first-order chi connectivity index (χ1) is 10.5. The van der Waals surface area contributed by atoms with Gasteiger partial charge in [0.25, 0.3) is 0 Å². The van der Waals surface area contributed by atoms with Gasteiger partial charge in [-0.05, 0) is 42.0 Å². The van der Waals surface area contributed by atoms with Crippen molar-refractivity contribution in [3.8, 4) is 0 Å². The molecule has 0 spiro atoms. The van der Waals surface area contributed by atoms with E-state index in [-0.39, 0.29) is 22.9 Å². The van der Waals surface area contributed by atoms with Crippen LogP contribution in [0.1, 0.15) is 15.9 Å². The summed E-state index contributed by atoms with van der Waals surface area (Å²) >= 11 is 5.66. The summed E-state index contributed by atoms with van der Waals surface area (Å²) in [4.78, 5) is 23.2. The lowest BCUT2D eigenvalue weighted by Gasteiger charge is -2.07. The average molecular weight is 322 g/mol. The molecule has 1 N–H and O–H groups in total. The number of nitrogens with one attached hydrogen (secondary N) is 1. The Morgan fingerprint density at radius 3 is 2.45 bits per heavy atom. The average Bonchev–Trinajstić information content (AvgIpc) is 2.50. The highest BCUT2D eigenvalue weighted by atomic mass is 35.5. The number of anilines is 1. The van der Waals surface area contributed by atoms with Crippen molar-refractivity contribution in [2.24, 2.45) is 0 Å². The Kier molecular flexibility index (Phi) is 5.12. The standard InChI is InChI=1S/C16H13ClFNO3/c1-22-16(21)10-3-6-13(7-4-10)19-15(20)8-11-2-5-12(17)9-14(11)18/h2-7,9H,8H2,1H3,(H,19,20). The van der Waals surface area contributed by atoms with E-state index >= 15 is 0 Å². The smallest absolute Gasteiger partial charge is 0.337 e. The fourth-order valence-corrected chi connectivity index (χ4v) is 2.01. The van der Waals surface area contributed by atoms with Crippen LogP contribution in [0.2, 0.25) is 5.02 Å². The number of carbonyl (C=O) groups is 2. The second kappa shape index (κ2) is 7.04. The molecule has 0 unspecified atom stereocenters. The molecule has 22 heavy (non-hydrogen) atoms. The normalized spacial score (nSPS) is 10.1. The molecule has 0 aliphatic heterocycles. The lowest BCUT2D eigenvalue weighted by molar-refractivity contribution is -0.115. The largest absolute Gasteiger partial charge is 0.465 e. The van der Waals surface area contributed by atoms with E-state index in [1.807, 2.05) is 0 Å². The quantitative estimate of drug-likeness (QED) is 0.878. The molecule has 0 radical (unpaired) electrons. The molecule has 2 aromatic carbocycles. The van der Waals surface area contributed by atoms with Crippen LogP contribution in [0.4, 0.5) is 10.1 Å². The Morgan fingerprint density at radius 1 is 1.18 bits per heavy atom. The van der Waals surface area contributed by atoms with Gasteiger partial charge in [-0.1, -0.05) is 17.7 Å². The minimum absolute atomic E-state index is 0.109. The third kappa shape index (κ3) is 4.05. The van der Waals surface area contributed by atoms with E-state index in [0.717, 1.165) is 6.07 Å². The van der Waals surface area contributed by atoms with Crippen LogP contribution in [0.15, 0.2) is 42.5 Å². The molecule has 0 saturated heterocycles. The maximum absolute atomic E-state index is 13.6. The van der Waals surface area contributed by atoms with Crippen LogP contribution >= 0.6 is 11.6 Å². The monoisotopic (exact) mass is 321 g/mol. The Hall–Kier alpha value is -2.40. The van der Waals surface area contributed by atoms with Gasteiger partial charge in [-0.3, -0.25) is 4.79 Å². The van der Waals surface area contributed by atoms with Crippen LogP contribution in [0.25, 0.3) is 0 Å². The number of hydrogen-bond donors (Lipinski definition) is 1. The Bertz CT molecular complexity index is 701. The van der Waals surface area contributed by atoms with Gasteiger partial charge in [0.05, 0.1) is 19.1 Å². The molecule has 4 nitrogen and oxygen atoms in total. The van der Waals surface area contributed by atoms with E-state index in [9.17, 15) is 14.0 Å². The van der Waals surface area contributed by atoms with Crippen molar-refractivity contribution in [2.45, 2.75) is 6.42 Å². The fourth-order valence-electron chi connectivity index (χ4n) is 1.85. The summed E-state index contributed by atoms with van der Waals surface area (Å²) in [5, 5.41) is 2.90. The molecule has 0 bridgehead atoms. The summed E-state index contributed by atoms with van der Waals surface area (Å²) in [5.74, 6) is -1.35. The topological polar surface area (TPSA) is 55.4 Å². The van der Waals surface area contributed by atoms with E-state index in [2.05, 4.69) is 10.1 Å². The second-order valence-corrected chi connectivity index (χ2v) is 4.97. The lowest BCUT2D eigenvalue weighted by Crippen LogP contribution is -2.15. The van der Waals surface area contributed by atoms with E-state index in [1.54, 1.807) is 12.1 Å². The van der Waals surface area contributed by atoms with Crippen molar-refractivity contribution < 1.29 is 18.7 Å². The zero-order chi connectivity index (χ0) is 16.1. The molecular weight excluding hydrogens is 309 g/mol. The summed E-state index contributed by atoms with van der Waals surface area (Å²) < 4.78 is 18.2. The van der Waals surface area contributed by atoms with E-state index < -0.39 is 11.8 Å². The maximum Gasteiger partial charge on any atom is 0.337 e. The van der Waals surface area contributed by atoms with Crippen molar-refractivity contribution in [3.05, 3.63) is 64.4 Å². The van der Waals surface area contributed by atoms with Gasteiger partial charge in [0, 0.05) is 10.7 Å². The van der Waals surface area contributed by atoms with Gasteiger partial charge in [0.2, 0.25) is 5.91 Å². The Balaban J connectivity index is 2.01. The molecule has 0 aromatic heterocycles. The summed E-state index contributed by atoms with van der Waals surface area (Å²) in [6.45, 7) is 0. The molecule has 0 atom stereocenters. The van der Waals surface area contributed by atoms with E-state index in [1.165, 1.54) is 31.4 Å². The highest BCUT2D eigenvalue weighted by Crippen LogP contribution is 2.16. The molecule has 6 heteroatoms. The molecule has 2 aromatic rings. The fraction of sp³-hybridized carbons (Fsp3) is 0.125. The Labute approximate surface area is 131 Å². The van der Waals surface area contributed by atoms with Crippen LogP contribution in [0, 0.1) is 5.82 Å². The van der Waals surface area contributed by atoms with Crippen LogP contribution in [-0.2, 0) is 16.0 Å². The predicted octanol–water partition coefficient (Wildman–Crippen LogP) is 3.45. The number of ether oxygens (including phenoxy) is 1. The molecule has 2 rings (SSSR count). The van der Waals surface area contributed by atoms with Gasteiger partial charge in [0.1, 0.15) is 5.82 Å². The molecule has 114 valence electrons. The van der Waals surface area contributed by atoms with Crippen LogP contribution in [0.3, 0.4) is 0 Å². The molecule has 0 aliphatic rings. The first-order valence-electron chi connectivity index (χ1n) is 6.42. The van der Waals surface area contributed by atoms with E-state index in [4.69, 9.17) is 11.6 Å². The molecule has 1 amide bonds. The summed E-state index contributed by atoms with van der Waals surface area (Å²) in [5.41, 5.74) is 1.14. The number of benzene rings is 2. The SMILES string of the molecule is COC(=O)c1ccc(NC(=O)Cc2ccc(Cl)cc2F)cc1. The van der Waals surface area contributed by atoms with Crippen molar-refractivity contribution in [1.82, 2.24) is 0 Å². The highest BCUT2D eigenvalue weighted by Gasteiger charge is 2.10. The van der Waals surface area contributed by atoms with Crippen molar-refractivity contribution in [1.29, 1.82) is 0 Å². The second-order valence-electron chi connectivity index (χ2n) is 4.53. The number of carbonyl (C=O) groups excluding carboxylic acids is 2. The minimum atomic E-state index is -0.524. The summed E-state index contributed by atoms with van der Waals surface area (Å²) in [7, 11) is 1.29. The third-order valence-electron chi connectivity index (χ3n) is 2.96. The predicted molar refractivity (Wildman–Crippen MR) is 81.5 cm³/mol. The van der Waals surface area contributed by atoms with Gasteiger partial charge in [-0.2, -0.15) is 0 Å². The third-order valence-corrected chi connectivity index (χ3v) is 3.19. The Morgan fingerprint density at radius 2 is 1.86 bits per heavy atom. The number of halogens is 2. The lowest BCUT2D eigenvalue weighted by atomic mass is 10.1. The first kappa shape index (κ1) is 16.0. The van der Waals surface area contributed by atoms with Gasteiger partial charge in [0.15, 0.2) is 0 Å². The van der Waals surface area contributed by atoms with Gasteiger partial charge >= 0.3 is 5.97 Å². The van der Waals surface area contributed by atoms with Gasteiger partial charge < -0.3 is 10.1 Å². The van der Waals surface area contributed by atoms with E-state index in [0.29, 0.717) is 11.3 Å². The minimum Gasteiger partial charge on any atom is -0.465 e. The maximum atomic E-state index is 13.6. The number of rotatable bonds is 4. The molecule has 0 saturated carbocycles. The highest BCUT2D eigenvalue weighted by molar-refractivity contribution is 6.30. The van der Waals surface area contributed by atoms with Crippen LogP contribution in [-0.4, -0.2) is 19.0 Å². The molecule has 0 fully saturated rings. The van der Waals surface area contributed by atoms with Crippen LogP contribution < -0.4 is 5.32 Å².